The molecule has 30 heavy (non-hydrogen) atoms. The fraction of sp³-hybridized carbons (Fsp3) is 0.429. The molecule has 3 aromatic heterocycles. The molecule has 0 saturated carbocycles. The Kier molecular flexibility index (Phi) is 5.46. The highest BCUT2D eigenvalue weighted by molar-refractivity contribution is 7.18. The fourth-order valence-corrected chi connectivity index (χ4v) is 4.74. The Hall–Kier alpha value is -2.94. The van der Waals surface area contributed by atoms with Crippen molar-refractivity contribution in [3.05, 3.63) is 50.8 Å². The zero-order valence-electron chi connectivity index (χ0n) is 17.1. The van der Waals surface area contributed by atoms with Crippen LogP contribution in [0, 0.1) is 19.8 Å². The number of likely N-dealkylation sites (tertiary alicyclic amines) is 1. The zero-order valence-corrected chi connectivity index (χ0v) is 17.9. The van der Waals surface area contributed by atoms with E-state index >= 15 is 0 Å². The van der Waals surface area contributed by atoms with Gasteiger partial charge in [0.25, 0.3) is 11.5 Å². The van der Waals surface area contributed by atoms with E-state index in [0.29, 0.717) is 35.4 Å². The lowest BCUT2D eigenvalue weighted by Gasteiger charge is -2.31. The van der Waals surface area contributed by atoms with Gasteiger partial charge in [-0.15, -0.1) is 11.3 Å². The number of amides is 1. The number of furan rings is 1. The third-order valence-corrected chi connectivity index (χ3v) is 6.61. The molecule has 1 aliphatic rings. The number of ether oxygens (including phenoxy) is 1. The number of hydrogen-bond acceptors (Lipinski definition) is 7. The topological polar surface area (TPSA) is 106 Å². The number of aromatic nitrogens is 2. The molecule has 8 nitrogen and oxygen atoms in total. The third kappa shape index (κ3) is 3.77. The van der Waals surface area contributed by atoms with Gasteiger partial charge < -0.3 is 19.0 Å². The van der Waals surface area contributed by atoms with Crippen LogP contribution >= 0.6 is 11.3 Å². The van der Waals surface area contributed by atoms with E-state index in [2.05, 4.69) is 9.97 Å². The fourth-order valence-electron chi connectivity index (χ4n) is 3.70. The number of carbonyl (C=O) groups excluding carboxylic acids is 2. The highest BCUT2D eigenvalue weighted by atomic mass is 32.1. The van der Waals surface area contributed by atoms with Crippen LogP contribution in [0.2, 0.25) is 0 Å². The molecule has 0 radical (unpaired) electrons. The summed E-state index contributed by atoms with van der Waals surface area (Å²) in [5.41, 5.74) is 0.691. The number of carbonyl (C=O) groups is 2. The second kappa shape index (κ2) is 8.06. The molecule has 2 atom stereocenters. The van der Waals surface area contributed by atoms with E-state index in [4.69, 9.17) is 9.15 Å². The van der Waals surface area contributed by atoms with E-state index < -0.39 is 18.0 Å². The number of H-pyrrole nitrogens is 1. The quantitative estimate of drug-likeness (QED) is 0.638. The molecule has 158 valence electrons. The summed E-state index contributed by atoms with van der Waals surface area (Å²) in [6.07, 6.45) is 2.09. The van der Waals surface area contributed by atoms with Crippen molar-refractivity contribution in [2.45, 2.75) is 39.7 Å². The summed E-state index contributed by atoms with van der Waals surface area (Å²) in [5.74, 6) is -0.483. The Morgan fingerprint density at radius 2 is 2.20 bits per heavy atom. The van der Waals surface area contributed by atoms with Gasteiger partial charge in [0.2, 0.25) is 0 Å². The van der Waals surface area contributed by atoms with Gasteiger partial charge in [-0.05, 0) is 51.3 Å². The van der Waals surface area contributed by atoms with Gasteiger partial charge >= 0.3 is 5.97 Å². The monoisotopic (exact) mass is 429 g/mol. The van der Waals surface area contributed by atoms with Gasteiger partial charge in [-0.1, -0.05) is 0 Å². The van der Waals surface area contributed by atoms with Crippen LogP contribution in [0.5, 0.6) is 0 Å². The van der Waals surface area contributed by atoms with Crippen molar-refractivity contribution in [1.29, 1.82) is 0 Å². The first-order valence-electron chi connectivity index (χ1n) is 9.88. The highest BCUT2D eigenvalue weighted by Crippen LogP contribution is 2.28. The molecule has 1 fully saturated rings. The molecular weight excluding hydrogens is 406 g/mol. The lowest BCUT2D eigenvalue weighted by atomic mass is 9.98. The molecule has 1 saturated heterocycles. The van der Waals surface area contributed by atoms with Crippen LogP contribution in [0.15, 0.2) is 27.6 Å². The Morgan fingerprint density at radius 1 is 1.40 bits per heavy atom. The normalized spacial score (nSPS) is 17.8. The minimum Gasteiger partial charge on any atom is -0.459 e. The van der Waals surface area contributed by atoms with Crippen molar-refractivity contribution in [3.63, 3.8) is 0 Å². The van der Waals surface area contributed by atoms with Crippen LogP contribution in [0.3, 0.4) is 0 Å². The predicted octanol–water partition coefficient (Wildman–Crippen LogP) is 3.35. The van der Waals surface area contributed by atoms with Gasteiger partial charge in [-0.2, -0.15) is 0 Å². The van der Waals surface area contributed by atoms with Gasteiger partial charge in [0.05, 0.1) is 17.6 Å². The number of nitrogens with zero attached hydrogens (tertiary/aromatic N) is 2. The van der Waals surface area contributed by atoms with Crippen LogP contribution in [0.25, 0.3) is 10.2 Å². The van der Waals surface area contributed by atoms with Gasteiger partial charge in [0, 0.05) is 18.0 Å². The Labute approximate surface area is 176 Å². The maximum absolute atomic E-state index is 12.7. The summed E-state index contributed by atoms with van der Waals surface area (Å²) >= 11 is 1.45. The summed E-state index contributed by atoms with van der Waals surface area (Å²) in [4.78, 5) is 48.2. The van der Waals surface area contributed by atoms with E-state index in [1.807, 2.05) is 13.8 Å². The van der Waals surface area contributed by atoms with Gasteiger partial charge in [-0.25, -0.2) is 4.98 Å². The number of fused-ring (bicyclic) bond motifs is 1. The maximum atomic E-state index is 12.7. The number of hydrogen-bond donors (Lipinski definition) is 1. The Morgan fingerprint density at radius 3 is 2.93 bits per heavy atom. The molecule has 1 N–H and O–H groups in total. The molecule has 0 unspecified atom stereocenters. The first kappa shape index (κ1) is 20.3. The lowest BCUT2D eigenvalue weighted by Crippen LogP contribution is -2.42. The number of rotatable bonds is 4. The first-order valence-corrected chi connectivity index (χ1v) is 10.7. The summed E-state index contributed by atoms with van der Waals surface area (Å²) in [6, 6.07) is 3.27. The molecule has 0 bridgehead atoms. The number of nitrogens with one attached hydrogen (secondary N) is 1. The van der Waals surface area contributed by atoms with E-state index in [0.717, 1.165) is 10.4 Å². The lowest BCUT2D eigenvalue weighted by molar-refractivity contribution is -0.155. The molecule has 3 aromatic rings. The number of aromatic amines is 1. The number of thiophene rings is 1. The largest absolute Gasteiger partial charge is 0.459 e. The Bertz CT molecular complexity index is 1150. The van der Waals surface area contributed by atoms with Gasteiger partial charge in [0.1, 0.15) is 4.83 Å². The van der Waals surface area contributed by atoms with Crippen molar-refractivity contribution in [2.24, 2.45) is 5.92 Å². The number of aryl methyl sites for hydroxylation is 2. The maximum Gasteiger partial charge on any atom is 0.311 e. The second-order valence-corrected chi connectivity index (χ2v) is 8.76. The Balaban J connectivity index is 1.46. The molecule has 0 aliphatic carbocycles. The van der Waals surface area contributed by atoms with E-state index in [-0.39, 0.29) is 23.8 Å². The van der Waals surface area contributed by atoms with Gasteiger partial charge in [-0.3, -0.25) is 14.4 Å². The van der Waals surface area contributed by atoms with Crippen LogP contribution in [-0.4, -0.2) is 39.8 Å². The van der Waals surface area contributed by atoms with Crippen LogP contribution in [-0.2, 0) is 9.53 Å². The van der Waals surface area contributed by atoms with Crippen molar-refractivity contribution >= 4 is 33.4 Å². The van der Waals surface area contributed by atoms with Crippen LogP contribution in [0.1, 0.15) is 52.7 Å². The van der Waals surface area contributed by atoms with Gasteiger partial charge in [0.15, 0.2) is 17.7 Å². The van der Waals surface area contributed by atoms with Crippen molar-refractivity contribution in [1.82, 2.24) is 14.9 Å². The van der Waals surface area contributed by atoms with Crippen LogP contribution in [0.4, 0.5) is 0 Å². The zero-order chi connectivity index (χ0) is 21.4. The molecule has 1 aliphatic heterocycles. The minimum absolute atomic E-state index is 0.229. The average molecular weight is 429 g/mol. The summed E-state index contributed by atoms with van der Waals surface area (Å²) in [5, 5.41) is 0.583. The van der Waals surface area contributed by atoms with Crippen molar-refractivity contribution in [3.8, 4) is 0 Å². The number of esters is 1. The molecule has 9 heteroatoms. The standard InChI is InChI=1S/C21H23N3O5S/c1-11-13(3)30-19-16(11)18(25)22-17(23-19)12(2)29-21(27)14-6-4-8-24(10-14)20(26)15-7-5-9-28-15/h5,7,9,12,14H,4,6,8,10H2,1-3H3,(H,22,23,25)/t12-,14+/m1/s1. The van der Waals surface area contributed by atoms with E-state index in [1.165, 1.54) is 17.6 Å². The van der Waals surface area contributed by atoms with E-state index in [9.17, 15) is 14.4 Å². The summed E-state index contributed by atoms with van der Waals surface area (Å²) < 4.78 is 10.8. The molecule has 4 heterocycles. The van der Waals surface area contributed by atoms with E-state index in [1.54, 1.807) is 24.0 Å². The minimum atomic E-state index is -0.700. The molecule has 1 amide bonds. The first-order chi connectivity index (χ1) is 14.3. The summed E-state index contributed by atoms with van der Waals surface area (Å²) in [6.45, 7) is 6.37. The molecular formula is C21H23N3O5S. The number of piperidine rings is 1. The molecule has 0 spiro atoms. The van der Waals surface area contributed by atoms with Crippen LogP contribution < -0.4 is 5.56 Å². The molecule has 0 aromatic carbocycles. The summed E-state index contributed by atoms with van der Waals surface area (Å²) in [7, 11) is 0. The smallest absolute Gasteiger partial charge is 0.311 e. The third-order valence-electron chi connectivity index (χ3n) is 5.51. The molecule has 4 rings (SSSR count). The average Bonchev–Trinajstić information content (AvgIpc) is 3.36. The second-order valence-electron chi connectivity index (χ2n) is 7.56. The predicted molar refractivity (Wildman–Crippen MR) is 112 cm³/mol. The van der Waals surface area contributed by atoms with Crippen molar-refractivity contribution in [2.75, 3.05) is 13.1 Å². The highest BCUT2D eigenvalue weighted by Gasteiger charge is 2.32. The SMILES string of the molecule is Cc1sc2nc([C@@H](C)OC(=O)[C@H]3CCCN(C(=O)c4ccco4)C3)[nH]c(=O)c2c1C. The van der Waals surface area contributed by atoms with Crippen molar-refractivity contribution < 1.29 is 18.7 Å².